The van der Waals surface area contributed by atoms with Crippen molar-refractivity contribution in [2.24, 2.45) is 0 Å². The van der Waals surface area contributed by atoms with Crippen LogP contribution in [0, 0.1) is 5.82 Å². The predicted molar refractivity (Wildman–Crippen MR) is 71.4 cm³/mol. The fourth-order valence-corrected chi connectivity index (χ4v) is 2.13. The van der Waals surface area contributed by atoms with Gasteiger partial charge in [-0.25, -0.2) is 9.37 Å². The number of halogens is 1. The minimum atomic E-state index is -0.509. The number of hydrogen-bond donors (Lipinski definition) is 0. The lowest BCUT2D eigenvalue weighted by atomic mass is 10.3. The van der Waals surface area contributed by atoms with E-state index in [0.29, 0.717) is 24.6 Å². The molecular formula is C14H19FN2O2. The van der Waals surface area contributed by atoms with Crippen LogP contribution in [0.4, 0.5) is 4.39 Å². The molecule has 1 aromatic carbocycles. The van der Waals surface area contributed by atoms with Gasteiger partial charge in [-0.15, -0.1) is 0 Å². The van der Waals surface area contributed by atoms with Gasteiger partial charge >= 0.3 is 0 Å². The van der Waals surface area contributed by atoms with E-state index < -0.39 is 6.29 Å². The van der Waals surface area contributed by atoms with Gasteiger partial charge in [0.25, 0.3) is 0 Å². The maximum atomic E-state index is 13.3. The Hall–Kier alpha value is -1.46. The normalized spacial score (nSPS) is 11.6. The van der Waals surface area contributed by atoms with Gasteiger partial charge in [0.05, 0.1) is 11.0 Å². The first kappa shape index (κ1) is 14.0. The molecule has 2 aromatic rings. The van der Waals surface area contributed by atoms with Crippen LogP contribution in [0.15, 0.2) is 18.2 Å². The lowest BCUT2D eigenvalue weighted by Crippen LogP contribution is -2.15. The van der Waals surface area contributed by atoms with Crippen molar-refractivity contribution in [3.05, 3.63) is 29.8 Å². The minimum absolute atomic E-state index is 0.288. The fraction of sp³-hybridized carbons (Fsp3) is 0.500. The first-order chi connectivity index (χ1) is 9.21. The van der Waals surface area contributed by atoms with Crippen LogP contribution in [0.3, 0.4) is 0 Å². The third kappa shape index (κ3) is 2.77. The predicted octanol–water partition coefficient (Wildman–Crippen LogP) is 3.27. The van der Waals surface area contributed by atoms with Crippen LogP contribution in [-0.4, -0.2) is 22.8 Å². The van der Waals surface area contributed by atoms with Crippen molar-refractivity contribution in [3.8, 4) is 0 Å². The molecule has 0 bridgehead atoms. The molecule has 2 rings (SSSR count). The monoisotopic (exact) mass is 266 g/mol. The standard InChI is InChI=1S/C14H19FN2O2/c1-4-17-12-8-7-10(15)9-11(12)16-13(17)14(18-5-2)19-6-3/h7-9,14H,4-6H2,1-3H3. The van der Waals surface area contributed by atoms with E-state index >= 15 is 0 Å². The summed E-state index contributed by atoms with van der Waals surface area (Å²) in [5.74, 6) is 0.399. The van der Waals surface area contributed by atoms with Crippen LogP contribution in [0.2, 0.25) is 0 Å². The number of nitrogens with zero attached hydrogens (tertiary/aromatic N) is 2. The number of aryl methyl sites for hydroxylation is 1. The molecule has 0 spiro atoms. The molecule has 1 aromatic heterocycles. The van der Waals surface area contributed by atoms with Crippen LogP contribution in [0.1, 0.15) is 32.9 Å². The highest BCUT2D eigenvalue weighted by molar-refractivity contribution is 5.76. The quantitative estimate of drug-likeness (QED) is 0.753. The molecule has 0 fully saturated rings. The third-order valence-corrected chi connectivity index (χ3v) is 2.90. The molecule has 0 unspecified atom stereocenters. The first-order valence-corrected chi connectivity index (χ1v) is 6.60. The number of fused-ring (bicyclic) bond motifs is 1. The second-order valence-electron chi connectivity index (χ2n) is 4.09. The van der Waals surface area contributed by atoms with Gasteiger partial charge in [0.15, 0.2) is 5.82 Å². The zero-order valence-electron chi connectivity index (χ0n) is 11.5. The maximum Gasteiger partial charge on any atom is 0.217 e. The molecule has 0 amide bonds. The molecule has 0 saturated heterocycles. The van der Waals surface area contributed by atoms with E-state index in [1.54, 1.807) is 6.07 Å². The van der Waals surface area contributed by atoms with Crippen molar-refractivity contribution in [3.63, 3.8) is 0 Å². The maximum absolute atomic E-state index is 13.3. The summed E-state index contributed by atoms with van der Waals surface area (Å²) in [6, 6.07) is 4.61. The van der Waals surface area contributed by atoms with Gasteiger partial charge in [0.1, 0.15) is 5.82 Å². The van der Waals surface area contributed by atoms with Crippen molar-refractivity contribution < 1.29 is 13.9 Å². The van der Waals surface area contributed by atoms with Gasteiger partial charge in [0, 0.05) is 25.8 Å². The molecule has 104 valence electrons. The molecule has 1 heterocycles. The average molecular weight is 266 g/mol. The van der Waals surface area contributed by atoms with Gasteiger partial charge in [0.2, 0.25) is 6.29 Å². The summed E-state index contributed by atoms with van der Waals surface area (Å²) in [5, 5.41) is 0. The molecule has 5 heteroatoms. The number of hydrogen-bond acceptors (Lipinski definition) is 3. The zero-order chi connectivity index (χ0) is 13.8. The minimum Gasteiger partial charge on any atom is -0.346 e. The van der Waals surface area contributed by atoms with Crippen LogP contribution < -0.4 is 0 Å². The van der Waals surface area contributed by atoms with Gasteiger partial charge in [-0.2, -0.15) is 0 Å². The molecule has 0 N–H and O–H groups in total. The van der Waals surface area contributed by atoms with E-state index in [4.69, 9.17) is 9.47 Å². The molecule has 19 heavy (non-hydrogen) atoms. The highest BCUT2D eigenvalue weighted by atomic mass is 19.1. The number of rotatable bonds is 6. The van der Waals surface area contributed by atoms with E-state index in [2.05, 4.69) is 4.98 Å². The Morgan fingerprint density at radius 3 is 2.47 bits per heavy atom. The van der Waals surface area contributed by atoms with Crippen molar-refractivity contribution in [2.75, 3.05) is 13.2 Å². The summed E-state index contributed by atoms with van der Waals surface area (Å²) in [6.07, 6.45) is -0.509. The summed E-state index contributed by atoms with van der Waals surface area (Å²) in [6.45, 7) is 7.63. The Bertz CT molecular complexity index is 548. The molecule has 0 radical (unpaired) electrons. The summed E-state index contributed by atoms with van der Waals surface area (Å²) >= 11 is 0. The highest BCUT2D eigenvalue weighted by Crippen LogP contribution is 2.24. The Labute approximate surface area is 112 Å². The second-order valence-corrected chi connectivity index (χ2v) is 4.09. The Morgan fingerprint density at radius 2 is 1.89 bits per heavy atom. The molecule has 0 aliphatic carbocycles. The van der Waals surface area contributed by atoms with E-state index in [0.717, 1.165) is 12.1 Å². The van der Waals surface area contributed by atoms with Crippen molar-refractivity contribution in [1.29, 1.82) is 0 Å². The number of imidazole rings is 1. The van der Waals surface area contributed by atoms with Gasteiger partial charge < -0.3 is 14.0 Å². The number of benzene rings is 1. The third-order valence-electron chi connectivity index (χ3n) is 2.90. The highest BCUT2D eigenvalue weighted by Gasteiger charge is 2.20. The number of ether oxygens (including phenoxy) is 2. The summed E-state index contributed by atoms with van der Waals surface area (Å²) in [5.41, 5.74) is 1.52. The van der Waals surface area contributed by atoms with Gasteiger partial charge in [-0.3, -0.25) is 0 Å². The zero-order valence-corrected chi connectivity index (χ0v) is 11.5. The SMILES string of the molecule is CCOC(OCC)c1nc2cc(F)ccc2n1CC. The summed E-state index contributed by atoms with van der Waals surface area (Å²) in [7, 11) is 0. The average Bonchev–Trinajstić information content (AvgIpc) is 2.75. The number of aromatic nitrogens is 2. The molecule has 4 nitrogen and oxygen atoms in total. The smallest absolute Gasteiger partial charge is 0.217 e. The van der Waals surface area contributed by atoms with E-state index in [1.165, 1.54) is 12.1 Å². The van der Waals surface area contributed by atoms with Crippen molar-refractivity contribution >= 4 is 11.0 Å². The van der Waals surface area contributed by atoms with Crippen LogP contribution >= 0.6 is 0 Å². The Balaban J connectivity index is 2.51. The van der Waals surface area contributed by atoms with Gasteiger partial charge in [-0.05, 0) is 32.9 Å². The van der Waals surface area contributed by atoms with E-state index in [9.17, 15) is 4.39 Å². The van der Waals surface area contributed by atoms with Crippen LogP contribution in [0.25, 0.3) is 11.0 Å². The molecule has 0 atom stereocenters. The van der Waals surface area contributed by atoms with E-state index in [-0.39, 0.29) is 5.82 Å². The van der Waals surface area contributed by atoms with E-state index in [1.807, 2.05) is 25.3 Å². The van der Waals surface area contributed by atoms with Crippen LogP contribution in [-0.2, 0) is 16.0 Å². The summed E-state index contributed by atoms with van der Waals surface area (Å²) in [4.78, 5) is 4.45. The Kier molecular flexibility index (Phi) is 4.50. The van der Waals surface area contributed by atoms with Gasteiger partial charge in [-0.1, -0.05) is 0 Å². The molecule has 0 aliphatic heterocycles. The van der Waals surface area contributed by atoms with Crippen molar-refractivity contribution in [1.82, 2.24) is 9.55 Å². The lowest BCUT2D eigenvalue weighted by Gasteiger charge is -2.17. The second kappa shape index (κ2) is 6.12. The van der Waals surface area contributed by atoms with Crippen molar-refractivity contribution in [2.45, 2.75) is 33.6 Å². The topological polar surface area (TPSA) is 36.3 Å². The Morgan fingerprint density at radius 1 is 1.21 bits per heavy atom. The fourth-order valence-electron chi connectivity index (χ4n) is 2.13. The summed E-state index contributed by atoms with van der Waals surface area (Å²) < 4.78 is 26.4. The lowest BCUT2D eigenvalue weighted by molar-refractivity contribution is -0.146. The van der Waals surface area contributed by atoms with Crippen LogP contribution in [0.5, 0.6) is 0 Å². The molecule has 0 saturated carbocycles. The molecule has 0 aliphatic rings. The first-order valence-electron chi connectivity index (χ1n) is 6.60. The largest absolute Gasteiger partial charge is 0.346 e. The molecular weight excluding hydrogens is 247 g/mol.